The smallest absolute Gasteiger partial charge is 0.295 e. The van der Waals surface area contributed by atoms with Crippen LogP contribution in [0.3, 0.4) is 0 Å². The summed E-state index contributed by atoms with van der Waals surface area (Å²) in [5.41, 5.74) is 1.23. The first-order valence-electron chi connectivity index (χ1n) is 9.75. The van der Waals surface area contributed by atoms with Crippen LogP contribution in [0.2, 0.25) is 5.02 Å². The van der Waals surface area contributed by atoms with Crippen molar-refractivity contribution in [3.05, 3.63) is 70.3 Å². The van der Waals surface area contributed by atoms with Crippen LogP contribution in [0.1, 0.15) is 24.1 Å². The number of ether oxygens (including phenoxy) is 1. The molecule has 0 saturated carbocycles. The molecular weight excluding hydrogens is 404 g/mol. The number of rotatable bonds is 7. The molecule has 7 heteroatoms. The summed E-state index contributed by atoms with van der Waals surface area (Å²) < 4.78 is 5.50. The van der Waals surface area contributed by atoms with Crippen LogP contribution in [0.4, 0.5) is 0 Å². The Morgan fingerprint density at radius 1 is 1.10 bits per heavy atom. The van der Waals surface area contributed by atoms with E-state index in [4.69, 9.17) is 16.3 Å². The van der Waals surface area contributed by atoms with Gasteiger partial charge in [0.1, 0.15) is 11.5 Å². The van der Waals surface area contributed by atoms with Gasteiger partial charge in [0.25, 0.3) is 11.7 Å². The van der Waals surface area contributed by atoms with Gasteiger partial charge in [0.05, 0.1) is 18.2 Å². The topological polar surface area (TPSA) is 70.1 Å². The molecule has 1 aliphatic rings. The van der Waals surface area contributed by atoms with Crippen molar-refractivity contribution in [3.8, 4) is 5.75 Å². The molecule has 0 aromatic heterocycles. The number of amides is 1. The molecule has 2 aromatic carbocycles. The lowest BCUT2D eigenvalue weighted by molar-refractivity contribution is -0.140. The van der Waals surface area contributed by atoms with E-state index in [2.05, 4.69) is 0 Å². The molecule has 1 aliphatic heterocycles. The van der Waals surface area contributed by atoms with Gasteiger partial charge in [-0.3, -0.25) is 9.59 Å². The Balaban J connectivity index is 2.10. The summed E-state index contributed by atoms with van der Waals surface area (Å²) in [6.45, 7) is 3.38. The van der Waals surface area contributed by atoms with Crippen molar-refractivity contribution in [2.75, 3.05) is 33.8 Å². The summed E-state index contributed by atoms with van der Waals surface area (Å²) >= 11 is 5.94. The van der Waals surface area contributed by atoms with Crippen LogP contribution < -0.4 is 4.74 Å². The van der Waals surface area contributed by atoms with Crippen molar-refractivity contribution in [3.63, 3.8) is 0 Å². The Morgan fingerprint density at radius 3 is 2.30 bits per heavy atom. The average Bonchev–Trinajstić information content (AvgIpc) is 2.98. The van der Waals surface area contributed by atoms with Crippen molar-refractivity contribution < 1.29 is 19.4 Å². The third kappa shape index (κ3) is 4.50. The van der Waals surface area contributed by atoms with Gasteiger partial charge in [-0.1, -0.05) is 23.7 Å². The third-order valence-corrected chi connectivity index (χ3v) is 5.20. The van der Waals surface area contributed by atoms with E-state index in [9.17, 15) is 14.7 Å². The second-order valence-electron chi connectivity index (χ2n) is 7.30. The first-order valence-corrected chi connectivity index (χ1v) is 10.1. The molecule has 0 spiro atoms. The molecule has 3 rings (SSSR count). The first kappa shape index (κ1) is 21.9. The van der Waals surface area contributed by atoms with Crippen molar-refractivity contribution in [1.82, 2.24) is 9.80 Å². The van der Waals surface area contributed by atoms with Crippen LogP contribution in [0.25, 0.3) is 5.76 Å². The van der Waals surface area contributed by atoms with Crippen LogP contribution in [0.5, 0.6) is 5.75 Å². The molecule has 158 valence electrons. The highest BCUT2D eigenvalue weighted by atomic mass is 35.5. The van der Waals surface area contributed by atoms with Gasteiger partial charge in [0, 0.05) is 23.7 Å². The maximum atomic E-state index is 12.9. The largest absolute Gasteiger partial charge is 0.507 e. The van der Waals surface area contributed by atoms with E-state index in [0.29, 0.717) is 36.0 Å². The van der Waals surface area contributed by atoms with E-state index in [1.54, 1.807) is 36.4 Å². The quantitative estimate of drug-likeness (QED) is 0.413. The molecule has 0 bridgehead atoms. The zero-order valence-corrected chi connectivity index (χ0v) is 18.0. The molecule has 0 aliphatic carbocycles. The van der Waals surface area contributed by atoms with Gasteiger partial charge in [-0.25, -0.2) is 0 Å². The minimum Gasteiger partial charge on any atom is -0.507 e. The van der Waals surface area contributed by atoms with Gasteiger partial charge in [-0.15, -0.1) is 0 Å². The van der Waals surface area contributed by atoms with Gasteiger partial charge < -0.3 is 19.6 Å². The highest BCUT2D eigenvalue weighted by Crippen LogP contribution is 2.39. The van der Waals surface area contributed by atoms with Gasteiger partial charge in [-0.2, -0.15) is 0 Å². The van der Waals surface area contributed by atoms with Gasteiger partial charge >= 0.3 is 0 Å². The Hall–Kier alpha value is -2.83. The van der Waals surface area contributed by atoms with Gasteiger partial charge in [0.2, 0.25) is 0 Å². The van der Waals surface area contributed by atoms with Gasteiger partial charge in [0.15, 0.2) is 0 Å². The molecule has 1 heterocycles. The summed E-state index contributed by atoms with van der Waals surface area (Å²) in [6.07, 6.45) is 0. The van der Waals surface area contributed by atoms with Crippen molar-refractivity contribution in [2.24, 2.45) is 0 Å². The van der Waals surface area contributed by atoms with Crippen molar-refractivity contribution in [2.45, 2.75) is 13.0 Å². The van der Waals surface area contributed by atoms with E-state index in [1.165, 1.54) is 4.90 Å². The first-order chi connectivity index (χ1) is 14.3. The SMILES string of the molecule is CCOc1ccc([C@H]2/C(=C(\O)c3ccc(Cl)cc3)C(=O)C(=O)N2CCN(C)C)cc1. The van der Waals surface area contributed by atoms with Crippen LogP contribution in [0, 0.1) is 0 Å². The molecule has 1 saturated heterocycles. The Bertz CT molecular complexity index is 952. The standard InChI is InChI=1S/C23H25ClN2O4/c1-4-30-18-11-7-15(8-12-18)20-19(21(27)16-5-9-17(24)10-6-16)22(28)23(29)26(20)14-13-25(2)3/h5-12,20,27H,4,13-14H2,1-3H3/b21-19+/t20-/m0/s1. The van der Waals surface area contributed by atoms with Crippen molar-refractivity contribution >= 4 is 29.1 Å². The number of hydrogen-bond donors (Lipinski definition) is 1. The second kappa shape index (κ2) is 9.32. The molecule has 1 fully saturated rings. The highest BCUT2D eigenvalue weighted by molar-refractivity contribution is 6.46. The van der Waals surface area contributed by atoms with E-state index in [1.807, 2.05) is 38.1 Å². The fraction of sp³-hybridized carbons (Fsp3) is 0.304. The summed E-state index contributed by atoms with van der Waals surface area (Å²) in [5.74, 6) is -0.827. The van der Waals surface area contributed by atoms with Crippen molar-refractivity contribution in [1.29, 1.82) is 0 Å². The molecule has 0 unspecified atom stereocenters. The molecule has 1 N–H and O–H groups in total. The number of benzene rings is 2. The minimum absolute atomic E-state index is 0.0743. The Morgan fingerprint density at radius 2 is 1.73 bits per heavy atom. The minimum atomic E-state index is -0.694. The maximum absolute atomic E-state index is 12.9. The van der Waals surface area contributed by atoms with Gasteiger partial charge in [-0.05, 0) is 63.0 Å². The zero-order valence-electron chi connectivity index (χ0n) is 17.3. The highest BCUT2D eigenvalue weighted by Gasteiger charge is 2.45. The molecular formula is C23H25ClN2O4. The molecule has 2 aromatic rings. The fourth-order valence-electron chi connectivity index (χ4n) is 3.44. The zero-order chi connectivity index (χ0) is 21.8. The number of aliphatic hydroxyl groups is 1. The van der Waals surface area contributed by atoms with E-state index >= 15 is 0 Å². The predicted molar refractivity (Wildman–Crippen MR) is 117 cm³/mol. The number of ketones is 1. The Kier molecular flexibility index (Phi) is 6.80. The number of halogens is 1. The number of carbonyl (C=O) groups is 2. The van der Waals surface area contributed by atoms with E-state index in [-0.39, 0.29) is 11.3 Å². The number of aliphatic hydroxyl groups excluding tert-OH is 1. The summed E-state index contributed by atoms with van der Waals surface area (Å²) in [7, 11) is 3.80. The van der Waals surface area contributed by atoms with Crippen LogP contribution in [-0.2, 0) is 9.59 Å². The number of carbonyl (C=O) groups excluding carboxylic acids is 2. The number of likely N-dealkylation sites (N-methyl/N-ethyl adjacent to an activating group) is 1. The molecule has 0 radical (unpaired) electrons. The summed E-state index contributed by atoms with van der Waals surface area (Å²) in [5, 5.41) is 11.5. The number of nitrogens with zero attached hydrogens (tertiary/aromatic N) is 2. The number of likely N-dealkylation sites (tertiary alicyclic amines) is 1. The van der Waals surface area contributed by atoms with E-state index in [0.717, 1.165) is 5.56 Å². The average molecular weight is 429 g/mol. The summed E-state index contributed by atoms with van der Waals surface area (Å²) in [4.78, 5) is 29.2. The lowest BCUT2D eigenvalue weighted by Crippen LogP contribution is -2.35. The van der Waals surface area contributed by atoms with E-state index < -0.39 is 17.7 Å². The van der Waals surface area contributed by atoms with Crippen LogP contribution >= 0.6 is 11.6 Å². The fourth-order valence-corrected chi connectivity index (χ4v) is 3.57. The third-order valence-electron chi connectivity index (χ3n) is 4.95. The molecule has 1 atom stereocenters. The normalized spacial score (nSPS) is 18.3. The monoisotopic (exact) mass is 428 g/mol. The molecule has 6 nitrogen and oxygen atoms in total. The molecule has 30 heavy (non-hydrogen) atoms. The lowest BCUT2D eigenvalue weighted by atomic mass is 9.95. The second-order valence-corrected chi connectivity index (χ2v) is 7.74. The summed E-state index contributed by atoms with van der Waals surface area (Å²) in [6, 6.07) is 13.1. The molecule has 1 amide bonds. The number of Topliss-reactive ketones (excluding diaryl/α,β-unsaturated/α-hetero) is 1. The van der Waals surface area contributed by atoms with Crippen LogP contribution in [0.15, 0.2) is 54.1 Å². The maximum Gasteiger partial charge on any atom is 0.295 e. The predicted octanol–water partition coefficient (Wildman–Crippen LogP) is 3.72. The Labute approximate surface area is 181 Å². The lowest BCUT2D eigenvalue weighted by Gasteiger charge is -2.26. The number of hydrogen-bond acceptors (Lipinski definition) is 5. The van der Waals surface area contributed by atoms with Crippen LogP contribution in [-0.4, -0.2) is 60.4 Å².